The number of barbiturate groups is 1. The van der Waals surface area contributed by atoms with E-state index < -0.39 is 17.8 Å². The van der Waals surface area contributed by atoms with E-state index in [4.69, 9.17) is 39.5 Å². The standard InChI is InChI=1S/C25H16BrCl3N2O4/c1-13-8-16(26)4-6-21(13)31-24(33)17(23(32)30-25(31)34)9-14-3-7-22(20(29)10-14)35-12-15-2-5-18(27)19(28)11-15/h2-11H,12H2,1H3,(H,30,32,34)/b17-9-. The molecule has 0 saturated carbocycles. The molecular formula is C25H16BrCl3N2O4. The number of nitrogens with zero attached hydrogens (tertiary/aromatic N) is 1. The second-order valence-electron chi connectivity index (χ2n) is 7.62. The Morgan fingerprint density at radius 2 is 1.71 bits per heavy atom. The minimum atomic E-state index is -0.813. The summed E-state index contributed by atoms with van der Waals surface area (Å²) in [5, 5.41) is 3.36. The third-order valence-corrected chi connectivity index (χ3v) is 6.67. The van der Waals surface area contributed by atoms with E-state index in [0.29, 0.717) is 32.6 Å². The van der Waals surface area contributed by atoms with Gasteiger partial charge in [-0.05, 0) is 72.2 Å². The highest BCUT2D eigenvalue weighted by Gasteiger charge is 2.37. The average molecular weight is 595 g/mol. The van der Waals surface area contributed by atoms with Crippen LogP contribution in [0.5, 0.6) is 5.75 Å². The molecule has 0 spiro atoms. The number of anilines is 1. The smallest absolute Gasteiger partial charge is 0.335 e. The summed E-state index contributed by atoms with van der Waals surface area (Å²) in [7, 11) is 0. The van der Waals surface area contributed by atoms with E-state index in [1.54, 1.807) is 61.5 Å². The molecular weight excluding hydrogens is 579 g/mol. The largest absolute Gasteiger partial charge is 0.487 e. The predicted molar refractivity (Wildman–Crippen MR) is 140 cm³/mol. The van der Waals surface area contributed by atoms with Gasteiger partial charge in [0.15, 0.2) is 0 Å². The Hall–Kier alpha value is -2.84. The van der Waals surface area contributed by atoms with Crippen LogP contribution < -0.4 is 15.0 Å². The lowest BCUT2D eigenvalue weighted by Gasteiger charge is -2.27. The van der Waals surface area contributed by atoms with Crippen LogP contribution in [0.1, 0.15) is 16.7 Å². The van der Waals surface area contributed by atoms with Crippen LogP contribution in [0.2, 0.25) is 15.1 Å². The van der Waals surface area contributed by atoms with Crippen LogP contribution >= 0.6 is 50.7 Å². The third kappa shape index (κ3) is 5.54. The van der Waals surface area contributed by atoms with Gasteiger partial charge in [0.05, 0.1) is 20.8 Å². The number of hydrogen-bond donors (Lipinski definition) is 1. The number of hydrogen-bond acceptors (Lipinski definition) is 4. The van der Waals surface area contributed by atoms with E-state index in [0.717, 1.165) is 14.9 Å². The van der Waals surface area contributed by atoms with E-state index in [1.165, 1.54) is 6.08 Å². The molecule has 0 atom stereocenters. The maximum absolute atomic E-state index is 13.1. The van der Waals surface area contributed by atoms with Gasteiger partial charge in [-0.2, -0.15) is 0 Å². The molecule has 6 nitrogen and oxygen atoms in total. The molecule has 4 rings (SSSR count). The predicted octanol–water partition coefficient (Wildman–Crippen LogP) is 6.96. The van der Waals surface area contributed by atoms with Gasteiger partial charge in [-0.15, -0.1) is 0 Å². The second-order valence-corrected chi connectivity index (χ2v) is 9.75. The van der Waals surface area contributed by atoms with E-state index in [2.05, 4.69) is 21.2 Å². The highest BCUT2D eigenvalue weighted by molar-refractivity contribution is 9.10. The fourth-order valence-corrected chi connectivity index (χ4v) is 4.47. The number of halogens is 4. The van der Waals surface area contributed by atoms with Gasteiger partial charge in [0.1, 0.15) is 17.9 Å². The van der Waals surface area contributed by atoms with Crippen LogP contribution in [0.25, 0.3) is 6.08 Å². The van der Waals surface area contributed by atoms with Crippen LogP contribution in [0.15, 0.2) is 64.6 Å². The number of nitrogens with one attached hydrogen (secondary N) is 1. The highest BCUT2D eigenvalue weighted by atomic mass is 79.9. The van der Waals surface area contributed by atoms with E-state index >= 15 is 0 Å². The Morgan fingerprint density at radius 3 is 2.40 bits per heavy atom. The molecule has 178 valence electrons. The molecule has 1 aliphatic heterocycles. The lowest BCUT2D eigenvalue weighted by atomic mass is 10.1. The molecule has 10 heteroatoms. The summed E-state index contributed by atoms with van der Waals surface area (Å²) in [6.45, 7) is 1.97. The molecule has 0 unspecified atom stereocenters. The Balaban J connectivity index is 1.57. The van der Waals surface area contributed by atoms with Crippen molar-refractivity contribution in [1.29, 1.82) is 0 Å². The van der Waals surface area contributed by atoms with E-state index in [1.807, 2.05) is 0 Å². The Labute approximate surface area is 224 Å². The number of imide groups is 2. The van der Waals surface area contributed by atoms with Gasteiger partial charge in [0.25, 0.3) is 11.8 Å². The molecule has 1 fully saturated rings. The average Bonchev–Trinajstić information content (AvgIpc) is 2.79. The van der Waals surface area contributed by atoms with Crippen molar-refractivity contribution in [2.75, 3.05) is 4.90 Å². The summed E-state index contributed by atoms with van der Waals surface area (Å²) in [6.07, 6.45) is 1.37. The maximum atomic E-state index is 13.1. The van der Waals surface area contributed by atoms with Gasteiger partial charge in [0, 0.05) is 4.47 Å². The first kappa shape index (κ1) is 25.3. The van der Waals surface area contributed by atoms with Crippen LogP contribution in [0.4, 0.5) is 10.5 Å². The van der Waals surface area contributed by atoms with E-state index in [9.17, 15) is 14.4 Å². The summed E-state index contributed by atoms with van der Waals surface area (Å²) >= 11 is 21.7. The molecule has 0 bridgehead atoms. The topological polar surface area (TPSA) is 75.7 Å². The summed E-state index contributed by atoms with van der Waals surface area (Å²) in [6, 6.07) is 14.3. The number of carbonyl (C=O) groups is 3. The SMILES string of the molecule is Cc1cc(Br)ccc1N1C(=O)NC(=O)/C(=C/c2ccc(OCc3ccc(Cl)c(Cl)c3)c(Cl)c2)C1=O. The highest BCUT2D eigenvalue weighted by Crippen LogP contribution is 2.30. The number of urea groups is 1. The molecule has 0 aromatic heterocycles. The second kappa shape index (κ2) is 10.4. The molecule has 0 radical (unpaired) electrons. The lowest BCUT2D eigenvalue weighted by molar-refractivity contribution is -0.122. The molecule has 1 N–H and O–H groups in total. The van der Waals surface area contributed by atoms with Crippen LogP contribution in [-0.2, 0) is 16.2 Å². The maximum Gasteiger partial charge on any atom is 0.335 e. The van der Waals surface area contributed by atoms with Crippen molar-refractivity contribution in [3.05, 3.63) is 96.4 Å². The Morgan fingerprint density at radius 1 is 0.943 bits per heavy atom. The molecule has 4 amide bonds. The Kier molecular flexibility index (Phi) is 7.52. The summed E-state index contributed by atoms with van der Waals surface area (Å²) in [5.74, 6) is -1.12. The lowest BCUT2D eigenvalue weighted by Crippen LogP contribution is -2.54. The zero-order valence-corrected chi connectivity index (χ0v) is 21.9. The fraction of sp³-hybridized carbons (Fsp3) is 0.0800. The fourth-order valence-electron chi connectivity index (χ4n) is 3.43. The molecule has 3 aromatic rings. The van der Waals surface area contributed by atoms with Gasteiger partial charge in [-0.3, -0.25) is 14.9 Å². The number of rotatable bonds is 5. The molecule has 35 heavy (non-hydrogen) atoms. The van der Waals surface area contributed by atoms with Crippen LogP contribution in [0, 0.1) is 6.92 Å². The minimum absolute atomic E-state index is 0.201. The van der Waals surface area contributed by atoms with Crippen molar-refractivity contribution < 1.29 is 19.1 Å². The third-order valence-electron chi connectivity index (χ3n) is 5.15. The van der Waals surface area contributed by atoms with E-state index in [-0.39, 0.29) is 17.2 Å². The molecule has 3 aromatic carbocycles. The summed E-state index contributed by atoms with van der Waals surface area (Å²) < 4.78 is 6.56. The van der Waals surface area contributed by atoms with Crippen molar-refractivity contribution in [3.8, 4) is 5.75 Å². The number of ether oxygens (including phenoxy) is 1. The molecule has 0 aliphatic carbocycles. The Bertz CT molecular complexity index is 1410. The minimum Gasteiger partial charge on any atom is -0.487 e. The van der Waals surface area contributed by atoms with Crippen molar-refractivity contribution >= 4 is 80.3 Å². The van der Waals surface area contributed by atoms with Gasteiger partial charge >= 0.3 is 6.03 Å². The molecule has 1 aliphatic rings. The first-order valence-electron chi connectivity index (χ1n) is 10.2. The van der Waals surface area contributed by atoms with Crippen LogP contribution in [-0.4, -0.2) is 17.8 Å². The summed E-state index contributed by atoms with van der Waals surface area (Å²) in [4.78, 5) is 39.0. The molecule has 1 saturated heterocycles. The first-order chi connectivity index (χ1) is 16.6. The normalized spacial score (nSPS) is 14.9. The number of benzene rings is 3. The van der Waals surface area contributed by atoms with Gasteiger partial charge in [-0.25, -0.2) is 9.69 Å². The monoisotopic (exact) mass is 592 g/mol. The van der Waals surface area contributed by atoms with Crippen molar-refractivity contribution in [3.63, 3.8) is 0 Å². The number of aryl methyl sites for hydroxylation is 1. The van der Waals surface area contributed by atoms with Gasteiger partial charge in [-0.1, -0.05) is 62.9 Å². The van der Waals surface area contributed by atoms with Crippen molar-refractivity contribution in [1.82, 2.24) is 5.32 Å². The zero-order chi connectivity index (χ0) is 25.3. The zero-order valence-electron chi connectivity index (χ0n) is 18.1. The van der Waals surface area contributed by atoms with Gasteiger partial charge < -0.3 is 4.74 Å². The van der Waals surface area contributed by atoms with Gasteiger partial charge in [0.2, 0.25) is 0 Å². The van der Waals surface area contributed by atoms with Crippen molar-refractivity contribution in [2.45, 2.75) is 13.5 Å². The first-order valence-corrected chi connectivity index (χ1v) is 12.1. The summed E-state index contributed by atoms with van der Waals surface area (Å²) in [5.41, 5.74) is 2.14. The van der Waals surface area contributed by atoms with Crippen LogP contribution in [0.3, 0.4) is 0 Å². The quantitative estimate of drug-likeness (QED) is 0.256. The molecule has 1 heterocycles. The number of amides is 4. The number of carbonyl (C=O) groups excluding carboxylic acids is 3. The van der Waals surface area contributed by atoms with Crippen molar-refractivity contribution in [2.24, 2.45) is 0 Å².